The Kier molecular flexibility index (Phi) is 6.23. The lowest BCUT2D eigenvalue weighted by molar-refractivity contribution is 0.00823. The number of aryl methyl sites for hydroxylation is 1. The molecule has 0 saturated carbocycles. The first-order chi connectivity index (χ1) is 17.7. The van der Waals surface area contributed by atoms with Crippen molar-refractivity contribution in [3.8, 4) is 0 Å². The van der Waals surface area contributed by atoms with E-state index in [4.69, 9.17) is 4.74 Å². The highest BCUT2D eigenvalue weighted by Gasteiger charge is 2.52. The molecule has 1 unspecified atom stereocenters. The van der Waals surface area contributed by atoms with Gasteiger partial charge in [-0.2, -0.15) is 0 Å². The summed E-state index contributed by atoms with van der Waals surface area (Å²) in [5, 5.41) is 0. The zero-order valence-electron chi connectivity index (χ0n) is 19.8. The topological polar surface area (TPSA) is 97.8 Å². The molecule has 1 aliphatic rings. The van der Waals surface area contributed by atoms with Crippen LogP contribution in [0.3, 0.4) is 0 Å². The average Bonchev–Trinajstić information content (AvgIpc) is 3.21. The average molecular weight is 534 g/mol. The van der Waals surface area contributed by atoms with E-state index < -0.39 is 38.2 Å². The number of esters is 1. The summed E-state index contributed by atoms with van der Waals surface area (Å²) in [5.74, 6) is -0.662. The normalized spacial score (nSPS) is 17.4. The number of nitrogens with zero attached hydrogens (tertiary/aromatic N) is 1. The second-order valence-electron chi connectivity index (χ2n) is 8.70. The van der Waals surface area contributed by atoms with Gasteiger partial charge >= 0.3 is 5.97 Å². The van der Waals surface area contributed by atoms with E-state index in [9.17, 15) is 21.6 Å². The summed E-state index contributed by atoms with van der Waals surface area (Å²) < 4.78 is 62.2. The van der Waals surface area contributed by atoms with Crippen molar-refractivity contribution in [3.05, 3.63) is 131 Å². The van der Waals surface area contributed by atoms with Gasteiger partial charge in [-0.3, -0.25) is 0 Å². The number of ether oxygens (including phenoxy) is 1. The molecule has 1 atom stereocenters. The van der Waals surface area contributed by atoms with Crippen molar-refractivity contribution in [2.75, 3.05) is 6.54 Å². The van der Waals surface area contributed by atoms with Crippen LogP contribution in [0.4, 0.5) is 0 Å². The van der Waals surface area contributed by atoms with Crippen LogP contribution in [0, 0.1) is 6.92 Å². The first-order valence-corrected chi connectivity index (χ1v) is 14.3. The predicted octanol–water partition coefficient (Wildman–Crippen LogP) is 4.49. The van der Waals surface area contributed by atoms with Crippen LogP contribution < -0.4 is 0 Å². The molecule has 0 saturated heterocycles. The quantitative estimate of drug-likeness (QED) is 0.325. The SMILES string of the molecule is Cc1ccc(C2(CN(S(=O)(=O)c3ccccc3)S(=O)(=O)c3ccccc3)OC(=O)c3ccccc32)cc1. The van der Waals surface area contributed by atoms with E-state index in [1.54, 1.807) is 60.7 Å². The largest absolute Gasteiger partial charge is 0.444 e. The second-order valence-corrected chi connectivity index (χ2v) is 12.7. The van der Waals surface area contributed by atoms with E-state index in [0.717, 1.165) is 5.56 Å². The zero-order chi connectivity index (χ0) is 26.3. The van der Waals surface area contributed by atoms with Gasteiger partial charge in [0.15, 0.2) is 5.60 Å². The van der Waals surface area contributed by atoms with Gasteiger partial charge in [-0.15, -0.1) is 0 Å². The van der Waals surface area contributed by atoms with Crippen molar-refractivity contribution in [2.45, 2.75) is 22.3 Å². The summed E-state index contributed by atoms with van der Waals surface area (Å²) in [6, 6.07) is 28.3. The third-order valence-electron chi connectivity index (χ3n) is 6.34. The van der Waals surface area contributed by atoms with Crippen LogP contribution in [-0.2, 0) is 30.4 Å². The maximum atomic E-state index is 14.0. The summed E-state index contributed by atoms with van der Waals surface area (Å²) in [7, 11) is -9.23. The maximum Gasteiger partial charge on any atom is 0.339 e. The van der Waals surface area contributed by atoms with Gasteiger partial charge in [0.05, 0.1) is 21.9 Å². The molecule has 4 aromatic rings. The highest BCUT2D eigenvalue weighted by atomic mass is 32.3. The smallest absolute Gasteiger partial charge is 0.339 e. The Bertz CT molecular complexity index is 1600. The van der Waals surface area contributed by atoms with Gasteiger partial charge in [-0.05, 0) is 37.3 Å². The van der Waals surface area contributed by atoms with Crippen molar-refractivity contribution in [3.63, 3.8) is 0 Å². The highest BCUT2D eigenvalue weighted by molar-refractivity contribution is 8.04. The second kappa shape index (κ2) is 9.26. The molecule has 37 heavy (non-hydrogen) atoms. The van der Waals surface area contributed by atoms with Gasteiger partial charge < -0.3 is 4.74 Å². The number of cyclic esters (lactones) is 1. The van der Waals surface area contributed by atoms with E-state index in [1.165, 1.54) is 48.5 Å². The first kappa shape index (κ1) is 24.9. The van der Waals surface area contributed by atoms with E-state index in [1.807, 2.05) is 6.92 Å². The van der Waals surface area contributed by atoms with Crippen molar-refractivity contribution in [1.82, 2.24) is 3.71 Å². The van der Waals surface area contributed by atoms with E-state index in [0.29, 0.717) is 14.8 Å². The molecule has 4 aromatic carbocycles. The fourth-order valence-electron chi connectivity index (χ4n) is 4.43. The van der Waals surface area contributed by atoms with E-state index in [2.05, 4.69) is 0 Å². The first-order valence-electron chi connectivity index (χ1n) is 11.4. The number of hydrogen-bond donors (Lipinski definition) is 0. The van der Waals surface area contributed by atoms with Crippen LogP contribution in [0.15, 0.2) is 119 Å². The van der Waals surface area contributed by atoms with Crippen molar-refractivity contribution < 1.29 is 26.4 Å². The van der Waals surface area contributed by atoms with Crippen LogP contribution in [-0.4, -0.2) is 33.1 Å². The summed E-state index contributed by atoms with van der Waals surface area (Å²) in [6.45, 7) is 1.20. The Balaban J connectivity index is 1.77. The van der Waals surface area contributed by atoms with Crippen LogP contribution in [0.1, 0.15) is 27.0 Å². The van der Waals surface area contributed by atoms with Crippen molar-refractivity contribution >= 4 is 26.0 Å². The molecule has 0 aromatic heterocycles. The van der Waals surface area contributed by atoms with Gasteiger partial charge in [0, 0.05) is 11.1 Å². The number of carbonyl (C=O) groups excluding carboxylic acids is 1. The Morgan fingerprint density at radius 3 is 1.70 bits per heavy atom. The lowest BCUT2D eigenvalue weighted by atomic mass is 9.85. The Morgan fingerprint density at radius 2 is 1.16 bits per heavy atom. The van der Waals surface area contributed by atoms with Crippen LogP contribution in [0.5, 0.6) is 0 Å². The molecule has 7 nitrogen and oxygen atoms in total. The van der Waals surface area contributed by atoms with E-state index >= 15 is 0 Å². The number of fused-ring (bicyclic) bond motifs is 1. The van der Waals surface area contributed by atoms with Gasteiger partial charge in [-0.25, -0.2) is 21.6 Å². The molecular weight excluding hydrogens is 510 g/mol. The fourth-order valence-corrected chi connectivity index (χ4v) is 8.15. The molecule has 188 valence electrons. The lowest BCUT2D eigenvalue weighted by Crippen LogP contribution is -2.47. The summed E-state index contributed by atoms with van der Waals surface area (Å²) >= 11 is 0. The predicted molar refractivity (Wildman–Crippen MR) is 138 cm³/mol. The molecule has 0 fully saturated rings. The molecule has 9 heteroatoms. The molecule has 0 bridgehead atoms. The maximum absolute atomic E-state index is 14.0. The lowest BCUT2D eigenvalue weighted by Gasteiger charge is -2.34. The molecule has 5 rings (SSSR count). The Morgan fingerprint density at radius 1 is 0.676 bits per heavy atom. The van der Waals surface area contributed by atoms with Gasteiger partial charge in [0.1, 0.15) is 0 Å². The number of sulfonamides is 2. The molecule has 0 N–H and O–H groups in total. The minimum Gasteiger partial charge on any atom is -0.444 e. The van der Waals surface area contributed by atoms with Gasteiger partial charge in [-0.1, -0.05) is 88.1 Å². The highest BCUT2D eigenvalue weighted by Crippen LogP contribution is 2.44. The third kappa shape index (κ3) is 4.25. The molecule has 0 radical (unpaired) electrons. The molecule has 0 spiro atoms. The van der Waals surface area contributed by atoms with Crippen LogP contribution in [0.25, 0.3) is 0 Å². The van der Waals surface area contributed by atoms with Gasteiger partial charge in [0.25, 0.3) is 20.0 Å². The summed E-state index contributed by atoms with van der Waals surface area (Å²) in [5.41, 5.74) is 0.318. The Labute approximate surface area is 216 Å². The van der Waals surface area contributed by atoms with Crippen LogP contribution in [0.2, 0.25) is 0 Å². The molecule has 1 heterocycles. The van der Waals surface area contributed by atoms with Crippen molar-refractivity contribution in [2.24, 2.45) is 0 Å². The molecule has 0 amide bonds. The summed E-state index contributed by atoms with van der Waals surface area (Å²) in [4.78, 5) is 12.6. The minimum absolute atomic E-state index is 0.203. The monoisotopic (exact) mass is 533 g/mol. The molecule has 0 aliphatic carbocycles. The van der Waals surface area contributed by atoms with Crippen LogP contribution >= 0.6 is 0 Å². The van der Waals surface area contributed by atoms with E-state index in [-0.39, 0.29) is 15.4 Å². The third-order valence-corrected chi connectivity index (χ3v) is 10.6. The number of benzene rings is 4. The van der Waals surface area contributed by atoms with Gasteiger partial charge in [0.2, 0.25) is 0 Å². The fraction of sp³-hybridized carbons (Fsp3) is 0.107. The Hall–Kier alpha value is -3.79. The standard InChI is InChI=1S/C28H23NO6S2/c1-21-16-18-22(19-17-21)28(26-15-9-8-14-25(26)27(30)35-28)20-29(36(31,32)23-10-4-2-5-11-23)37(33,34)24-12-6-3-7-13-24/h2-19H,20H2,1H3. The molecular formula is C28H23NO6S2. The molecule has 1 aliphatic heterocycles. The number of hydrogen-bond acceptors (Lipinski definition) is 6. The zero-order valence-corrected chi connectivity index (χ0v) is 21.4. The summed E-state index contributed by atoms with van der Waals surface area (Å²) in [6.07, 6.45) is 0. The minimum atomic E-state index is -4.61. The van der Waals surface area contributed by atoms with Crippen molar-refractivity contribution in [1.29, 1.82) is 0 Å². The number of carbonyl (C=O) groups is 1. The number of rotatable bonds is 7.